The van der Waals surface area contributed by atoms with Crippen LogP contribution in [0.15, 0.2) is 60.9 Å². The zero-order chi connectivity index (χ0) is 15.5. The molecule has 0 atom stereocenters. The highest BCUT2D eigenvalue weighted by molar-refractivity contribution is 6.03. The molecule has 22 heavy (non-hydrogen) atoms. The molecule has 0 radical (unpaired) electrons. The van der Waals surface area contributed by atoms with Crippen molar-refractivity contribution in [2.24, 2.45) is 0 Å². The van der Waals surface area contributed by atoms with Crippen molar-refractivity contribution in [1.82, 2.24) is 9.55 Å². The number of nitrogens with zero attached hydrogens (tertiary/aromatic N) is 2. The van der Waals surface area contributed by atoms with Crippen LogP contribution in [0.25, 0.3) is 5.69 Å². The Morgan fingerprint density at radius 3 is 2.73 bits per heavy atom. The fraction of sp³-hybridized carbons (Fsp3) is 0.111. The first-order chi connectivity index (χ1) is 10.6. The Hall–Kier alpha value is -2.88. The van der Waals surface area contributed by atoms with Crippen LogP contribution in [0.5, 0.6) is 0 Å². The molecule has 4 nitrogen and oxygen atoms in total. The van der Waals surface area contributed by atoms with Crippen LogP contribution in [0, 0.1) is 13.8 Å². The molecule has 0 bridgehead atoms. The minimum Gasteiger partial charge on any atom is -0.321 e. The van der Waals surface area contributed by atoms with Gasteiger partial charge < -0.3 is 9.88 Å². The zero-order valence-electron chi connectivity index (χ0n) is 12.6. The van der Waals surface area contributed by atoms with Crippen LogP contribution in [0.2, 0.25) is 0 Å². The molecule has 0 saturated carbocycles. The van der Waals surface area contributed by atoms with E-state index in [2.05, 4.69) is 10.3 Å². The monoisotopic (exact) mass is 291 g/mol. The van der Waals surface area contributed by atoms with E-state index in [0.717, 1.165) is 22.6 Å². The first-order valence-electron chi connectivity index (χ1n) is 7.12. The Morgan fingerprint density at radius 1 is 1.09 bits per heavy atom. The number of hydrogen-bond donors (Lipinski definition) is 1. The standard InChI is InChI=1S/C18H17N3O/c1-13-6-3-7-15(12-13)20-18(22)17-9-5-11-21(17)16-8-4-10-19-14(16)2/h3-12H,1-2H3,(H,20,22). The quantitative estimate of drug-likeness (QED) is 0.799. The van der Waals surface area contributed by atoms with Gasteiger partial charge >= 0.3 is 0 Å². The highest BCUT2D eigenvalue weighted by Gasteiger charge is 2.13. The van der Waals surface area contributed by atoms with Gasteiger partial charge in [0.1, 0.15) is 5.69 Å². The third-order valence-corrected chi connectivity index (χ3v) is 3.50. The van der Waals surface area contributed by atoms with Crippen molar-refractivity contribution in [3.63, 3.8) is 0 Å². The molecule has 0 aliphatic carbocycles. The Kier molecular flexibility index (Phi) is 3.74. The summed E-state index contributed by atoms with van der Waals surface area (Å²) in [6.45, 7) is 3.93. The van der Waals surface area contributed by atoms with Gasteiger partial charge in [0.15, 0.2) is 0 Å². The van der Waals surface area contributed by atoms with Crippen molar-refractivity contribution < 1.29 is 4.79 Å². The average Bonchev–Trinajstić information content (AvgIpc) is 2.97. The van der Waals surface area contributed by atoms with E-state index in [1.54, 1.807) is 12.3 Å². The minimum atomic E-state index is -0.140. The number of benzene rings is 1. The summed E-state index contributed by atoms with van der Waals surface area (Å²) in [7, 11) is 0. The molecule has 1 N–H and O–H groups in total. The van der Waals surface area contributed by atoms with Crippen LogP contribution in [-0.4, -0.2) is 15.5 Å². The maximum Gasteiger partial charge on any atom is 0.272 e. The Morgan fingerprint density at radius 2 is 1.95 bits per heavy atom. The van der Waals surface area contributed by atoms with E-state index >= 15 is 0 Å². The molecule has 2 aromatic heterocycles. The van der Waals surface area contributed by atoms with Gasteiger partial charge in [-0.3, -0.25) is 9.78 Å². The van der Waals surface area contributed by atoms with E-state index in [-0.39, 0.29) is 5.91 Å². The lowest BCUT2D eigenvalue weighted by molar-refractivity contribution is 0.102. The largest absolute Gasteiger partial charge is 0.321 e. The number of pyridine rings is 1. The predicted molar refractivity (Wildman–Crippen MR) is 87.4 cm³/mol. The Bertz CT molecular complexity index is 820. The molecule has 0 aliphatic rings. The van der Waals surface area contributed by atoms with Crippen molar-refractivity contribution in [3.05, 3.63) is 77.9 Å². The third kappa shape index (κ3) is 2.76. The van der Waals surface area contributed by atoms with Gasteiger partial charge in [0.05, 0.1) is 11.4 Å². The number of amides is 1. The van der Waals surface area contributed by atoms with E-state index in [4.69, 9.17) is 0 Å². The lowest BCUT2D eigenvalue weighted by Gasteiger charge is -2.11. The second-order valence-electron chi connectivity index (χ2n) is 5.19. The summed E-state index contributed by atoms with van der Waals surface area (Å²) in [6, 6.07) is 15.2. The minimum absolute atomic E-state index is 0.140. The number of nitrogens with one attached hydrogen (secondary N) is 1. The number of anilines is 1. The van der Waals surface area contributed by atoms with Gasteiger partial charge in [0, 0.05) is 18.1 Å². The molecule has 0 spiro atoms. The van der Waals surface area contributed by atoms with Crippen molar-refractivity contribution in [2.75, 3.05) is 5.32 Å². The molecule has 0 unspecified atom stereocenters. The smallest absolute Gasteiger partial charge is 0.272 e. The van der Waals surface area contributed by atoms with Crippen molar-refractivity contribution in [3.8, 4) is 5.69 Å². The highest BCUT2D eigenvalue weighted by Crippen LogP contribution is 2.17. The summed E-state index contributed by atoms with van der Waals surface area (Å²) in [5.74, 6) is -0.140. The SMILES string of the molecule is Cc1cccc(NC(=O)c2cccn2-c2cccnc2C)c1. The second-order valence-corrected chi connectivity index (χ2v) is 5.19. The molecule has 4 heteroatoms. The number of carbonyl (C=O) groups is 1. The van der Waals surface area contributed by atoms with Gasteiger partial charge in [-0.15, -0.1) is 0 Å². The maximum absolute atomic E-state index is 12.5. The van der Waals surface area contributed by atoms with E-state index < -0.39 is 0 Å². The summed E-state index contributed by atoms with van der Waals surface area (Å²) >= 11 is 0. The molecule has 3 aromatic rings. The molecule has 0 aliphatic heterocycles. The molecular weight excluding hydrogens is 274 g/mol. The van der Waals surface area contributed by atoms with Gasteiger partial charge in [0.2, 0.25) is 0 Å². The Balaban J connectivity index is 1.92. The van der Waals surface area contributed by atoms with E-state index in [1.807, 2.05) is 67.1 Å². The molecular formula is C18H17N3O. The summed E-state index contributed by atoms with van der Waals surface area (Å²) in [5, 5.41) is 2.93. The number of hydrogen-bond acceptors (Lipinski definition) is 2. The lowest BCUT2D eigenvalue weighted by Crippen LogP contribution is -2.16. The summed E-state index contributed by atoms with van der Waals surface area (Å²) in [5.41, 5.74) is 4.26. The number of aromatic nitrogens is 2. The van der Waals surface area contributed by atoms with Gasteiger partial charge in [-0.05, 0) is 55.8 Å². The average molecular weight is 291 g/mol. The van der Waals surface area contributed by atoms with Gasteiger partial charge in [-0.1, -0.05) is 12.1 Å². The van der Waals surface area contributed by atoms with E-state index in [0.29, 0.717) is 5.69 Å². The van der Waals surface area contributed by atoms with Gasteiger partial charge in [-0.25, -0.2) is 0 Å². The summed E-state index contributed by atoms with van der Waals surface area (Å²) in [6.07, 6.45) is 3.62. The fourth-order valence-electron chi connectivity index (χ4n) is 2.42. The van der Waals surface area contributed by atoms with Gasteiger partial charge in [-0.2, -0.15) is 0 Å². The topological polar surface area (TPSA) is 46.9 Å². The predicted octanol–water partition coefficient (Wildman–Crippen LogP) is 3.74. The Labute approximate surface area is 129 Å². The van der Waals surface area contributed by atoms with Crippen molar-refractivity contribution in [2.45, 2.75) is 13.8 Å². The van der Waals surface area contributed by atoms with Crippen LogP contribution in [0.4, 0.5) is 5.69 Å². The molecule has 110 valence electrons. The normalized spacial score (nSPS) is 10.5. The molecule has 0 fully saturated rings. The van der Waals surface area contributed by atoms with Crippen LogP contribution in [0.3, 0.4) is 0 Å². The van der Waals surface area contributed by atoms with Crippen molar-refractivity contribution in [1.29, 1.82) is 0 Å². The molecule has 2 heterocycles. The zero-order valence-corrected chi connectivity index (χ0v) is 12.6. The second kappa shape index (κ2) is 5.85. The first kappa shape index (κ1) is 14.1. The lowest BCUT2D eigenvalue weighted by atomic mass is 10.2. The third-order valence-electron chi connectivity index (χ3n) is 3.50. The number of rotatable bonds is 3. The number of aryl methyl sites for hydroxylation is 2. The molecule has 1 amide bonds. The van der Waals surface area contributed by atoms with Crippen LogP contribution in [-0.2, 0) is 0 Å². The van der Waals surface area contributed by atoms with Crippen LogP contribution in [0.1, 0.15) is 21.7 Å². The van der Waals surface area contributed by atoms with Crippen molar-refractivity contribution >= 4 is 11.6 Å². The van der Waals surface area contributed by atoms with Crippen LogP contribution < -0.4 is 5.32 Å². The van der Waals surface area contributed by atoms with E-state index in [1.165, 1.54) is 0 Å². The van der Waals surface area contributed by atoms with E-state index in [9.17, 15) is 4.79 Å². The summed E-state index contributed by atoms with van der Waals surface area (Å²) in [4.78, 5) is 16.8. The van der Waals surface area contributed by atoms with Gasteiger partial charge in [0.25, 0.3) is 5.91 Å². The molecule has 1 aromatic carbocycles. The number of carbonyl (C=O) groups excluding carboxylic acids is 1. The van der Waals surface area contributed by atoms with Crippen LogP contribution >= 0.6 is 0 Å². The first-order valence-corrected chi connectivity index (χ1v) is 7.12. The summed E-state index contributed by atoms with van der Waals surface area (Å²) < 4.78 is 1.85. The highest BCUT2D eigenvalue weighted by atomic mass is 16.1. The maximum atomic E-state index is 12.5. The molecule has 3 rings (SSSR count). The fourth-order valence-corrected chi connectivity index (χ4v) is 2.42. The molecule has 0 saturated heterocycles.